The first-order valence-corrected chi connectivity index (χ1v) is 7.62. The number of ether oxygens (including phenoxy) is 1. The minimum Gasteiger partial charge on any atom is -1.00 e. The van der Waals surface area contributed by atoms with Crippen LogP contribution >= 0.6 is 0 Å². The molecule has 126 valence electrons. The maximum Gasteiger partial charge on any atom is 0.182 e. The fourth-order valence-electron chi connectivity index (χ4n) is 2.76. The molecule has 1 N–H and O–H groups in total. The van der Waals surface area contributed by atoms with Crippen molar-refractivity contribution in [3.05, 3.63) is 71.8 Å². The Morgan fingerprint density at radius 1 is 0.913 bits per heavy atom. The van der Waals surface area contributed by atoms with E-state index in [-0.39, 0.29) is 12.4 Å². The first-order valence-electron chi connectivity index (χ1n) is 7.62. The van der Waals surface area contributed by atoms with E-state index in [1.165, 1.54) is 0 Å². The number of aliphatic hydroxyl groups is 1. The van der Waals surface area contributed by atoms with Gasteiger partial charge in [-0.15, -0.1) is 0 Å². The van der Waals surface area contributed by atoms with Gasteiger partial charge in [0.2, 0.25) is 0 Å². The Morgan fingerprint density at radius 2 is 1.35 bits per heavy atom. The molecule has 0 unspecified atom stereocenters. The second kappa shape index (κ2) is 8.46. The highest BCUT2D eigenvalue weighted by Crippen LogP contribution is 2.33. The Morgan fingerprint density at radius 3 is 1.74 bits per heavy atom. The molecule has 0 bridgehead atoms. The van der Waals surface area contributed by atoms with E-state index in [4.69, 9.17) is 4.74 Å². The monoisotopic (exact) mass is 335 g/mol. The third-order valence-corrected chi connectivity index (χ3v) is 4.06. The molecular weight excluding hydrogens is 310 g/mol. The number of rotatable bonds is 7. The van der Waals surface area contributed by atoms with Crippen molar-refractivity contribution in [3.63, 3.8) is 0 Å². The van der Waals surface area contributed by atoms with Crippen LogP contribution in [0.2, 0.25) is 0 Å². The largest absolute Gasteiger partial charge is 1.00 e. The number of quaternary nitrogens is 1. The number of hydrogen-bond acceptors (Lipinski definition) is 2. The lowest BCUT2D eigenvalue weighted by Crippen LogP contribution is -3.00. The van der Waals surface area contributed by atoms with Crippen LogP contribution in [0.25, 0.3) is 0 Å². The molecule has 4 heteroatoms. The number of benzene rings is 2. The van der Waals surface area contributed by atoms with E-state index in [2.05, 4.69) is 14.1 Å². The Labute approximate surface area is 145 Å². The number of halogens is 1. The fraction of sp³-hybridized carbons (Fsp3) is 0.368. The van der Waals surface area contributed by atoms with Gasteiger partial charge in [0.25, 0.3) is 0 Å². The SMILES string of the molecule is COC[N+](C)(C)CCC(O)(c1ccccc1)c1ccccc1.[Cl-]. The van der Waals surface area contributed by atoms with Gasteiger partial charge in [-0.25, -0.2) is 0 Å². The van der Waals surface area contributed by atoms with Crippen LogP contribution in [0.3, 0.4) is 0 Å². The summed E-state index contributed by atoms with van der Waals surface area (Å²) in [6, 6.07) is 19.8. The molecule has 3 nitrogen and oxygen atoms in total. The maximum atomic E-state index is 11.4. The molecule has 0 atom stereocenters. The van der Waals surface area contributed by atoms with Crippen LogP contribution in [0.4, 0.5) is 0 Å². The van der Waals surface area contributed by atoms with Crippen molar-refractivity contribution < 1.29 is 26.7 Å². The molecule has 0 radical (unpaired) electrons. The molecule has 0 fully saturated rings. The summed E-state index contributed by atoms with van der Waals surface area (Å²) in [5, 5.41) is 11.4. The average Bonchev–Trinajstić information content (AvgIpc) is 2.54. The van der Waals surface area contributed by atoms with E-state index < -0.39 is 5.60 Å². The predicted octanol–water partition coefficient (Wildman–Crippen LogP) is -0.00310. The van der Waals surface area contributed by atoms with Crippen molar-refractivity contribution >= 4 is 0 Å². The minimum atomic E-state index is -0.980. The smallest absolute Gasteiger partial charge is 0.182 e. The second-order valence-electron chi connectivity index (χ2n) is 6.42. The van der Waals surface area contributed by atoms with E-state index in [9.17, 15) is 5.11 Å². The van der Waals surface area contributed by atoms with Gasteiger partial charge in [0.05, 0.1) is 20.6 Å². The van der Waals surface area contributed by atoms with Crippen molar-refractivity contribution in [1.82, 2.24) is 0 Å². The fourth-order valence-corrected chi connectivity index (χ4v) is 2.76. The molecule has 0 aliphatic rings. The lowest BCUT2D eigenvalue weighted by atomic mass is 9.83. The summed E-state index contributed by atoms with van der Waals surface area (Å²) in [5.74, 6) is 0. The maximum absolute atomic E-state index is 11.4. The first-order chi connectivity index (χ1) is 10.5. The van der Waals surface area contributed by atoms with Gasteiger partial charge < -0.3 is 26.7 Å². The summed E-state index contributed by atoms with van der Waals surface area (Å²) in [6.07, 6.45) is 0.636. The quantitative estimate of drug-likeness (QED) is 0.570. The van der Waals surface area contributed by atoms with E-state index in [0.717, 1.165) is 17.7 Å². The summed E-state index contributed by atoms with van der Waals surface area (Å²) in [6.45, 7) is 1.44. The van der Waals surface area contributed by atoms with Gasteiger partial charge in [-0.2, -0.15) is 0 Å². The van der Waals surface area contributed by atoms with Crippen molar-refractivity contribution in [2.24, 2.45) is 0 Å². The molecule has 0 saturated carbocycles. The van der Waals surface area contributed by atoms with Crippen LogP contribution in [0.5, 0.6) is 0 Å². The van der Waals surface area contributed by atoms with Crippen LogP contribution < -0.4 is 12.4 Å². The van der Waals surface area contributed by atoms with Gasteiger partial charge in [0.15, 0.2) is 6.73 Å². The minimum absolute atomic E-state index is 0. The summed E-state index contributed by atoms with van der Waals surface area (Å²) in [7, 11) is 5.93. The lowest BCUT2D eigenvalue weighted by molar-refractivity contribution is -0.909. The van der Waals surface area contributed by atoms with Crippen LogP contribution in [-0.4, -0.2) is 44.1 Å². The molecule has 2 rings (SSSR count). The Balaban J connectivity index is 0.00000264. The van der Waals surface area contributed by atoms with Gasteiger partial charge in [0, 0.05) is 13.5 Å². The molecule has 0 heterocycles. The number of nitrogens with zero attached hydrogens (tertiary/aromatic N) is 1. The van der Waals surface area contributed by atoms with Crippen LogP contribution in [0.1, 0.15) is 17.5 Å². The van der Waals surface area contributed by atoms with Crippen molar-refractivity contribution in [2.45, 2.75) is 12.0 Å². The molecule has 0 amide bonds. The van der Waals surface area contributed by atoms with Crippen LogP contribution in [0, 0.1) is 0 Å². The molecule has 0 saturated heterocycles. The van der Waals surface area contributed by atoms with E-state index in [0.29, 0.717) is 17.6 Å². The topological polar surface area (TPSA) is 29.5 Å². The molecule has 0 aliphatic heterocycles. The van der Waals surface area contributed by atoms with E-state index in [1.54, 1.807) is 7.11 Å². The van der Waals surface area contributed by atoms with Crippen molar-refractivity contribution in [1.29, 1.82) is 0 Å². The normalized spacial score (nSPS) is 11.8. The average molecular weight is 336 g/mol. The van der Waals surface area contributed by atoms with Crippen LogP contribution in [-0.2, 0) is 10.3 Å². The highest BCUT2D eigenvalue weighted by Gasteiger charge is 2.33. The summed E-state index contributed by atoms with van der Waals surface area (Å²) < 4.78 is 5.98. The van der Waals surface area contributed by atoms with Gasteiger partial charge in [-0.1, -0.05) is 60.7 Å². The zero-order valence-corrected chi connectivity index (χ0v) is 14.8. The lowest BCUT2D eigenvalue weighted by Gasteiger charge is -2.35. The van der Waals surface area contributed by atoms with E-state index >= 15 is 0 Å². The molecule has 2 aromatic carbocycles. The van der Waals surface area contributed by atoms with Gasteiger partial charge >= 0.3 is 0 Å². The molecular formula is C19H26ClNO2. The predicted molar refractivity (Wildman–Crippen MR) is 89.4 cm³/mol. The zero-order chi connectivity index (χ0) is 16.1. The van der Waals surface area contributed by atoms with Gasteiger partial charge in [-0.05, 0) is 11.1 Å². The molecule has 23 heavy (non-hydrogen) atoms. The Kier molecular flexibility index (Phi) is 7.23. The second-order valence-corrected chi connectivity index (χ2v) is 6.42. The van der Waals surface area contributed by atoms with Crippen molar-refractivity contribution in [2.75, 3.05) is 34.5 Å². The molecule has 0 aromatic heterocycles. The third kappa shape index (κ3) is 5.05. The summed E-state index contributed by atoms with van der Waals surface area (Å²) in [5.41, 5.74) is 0.878. The van der Waals surface area contributed by atoms with Crippen LogP contribution in [0.15, 0.2) is 60.7 Å². The Bertz CT molecular complexity index is 533. The molecule has 0 aliphatic carbocycles. The highest BCUT2D eigenvalue weighted by molar-refractivity contribution is 5.35. The third-order valence-electron chi connectivity index (χ3n) is 4.06. The summed E-state index contributed by atoms with van der Waals surface area (Å²) >= 11 is 0. The Hall–Kier alpha value is -1.39. The first kappa shape index (κ1) is 19.7. The zero-order valence-electron chi connectivity index (χ0n) is 14.1. The van der Waals surface area contributed by atoms with Crippen molar-refractivity contribution in [3.8, 4) is 0 Å². The standard InChI is InChI=1S/C19H26NO2.ClH/c1-20(2,16-22-3)15-14-19(21,17-10-6-4-7-11-17)18-12-8-5-9-13-18;/h4-13,21H,14-16H2,1-3H3;1H/q+1;/p-1. The van der Waals surface area contributed by atoms with Gasteiger partial charge in [0.1, 0.15) is 5.60 Å². The molecule has 2 aromatic rings. The van der Waals surface area contributed by atoms with E-state index in [1.807, 2.05) is 60.7 Å². The molecule has 0 spiro atoms. The number of methoxy groups -OCH3 is 1. The highest BCUT2D eigenvalue weighted by atomic mass is 35.5. The summed E-state index contributed by atoms with van der Waals surface area (Å²) in [4.78, 5) is 0. The number of hydrogen-bond donors (Lipinski definition) is 1. The van der Waals surface area contributed by atoms with Gasteiger partial charge in [-0.3, -0.25) is 0 Å².